The topological polar surface area (TPSA) is 87.5 Å². The van der Waals surface area contributed by atoms with Crippen molar-refractivity contribution in [3.63, 3.8) is 0 Å². The monoisotopic (exact) mass is 342 g/mol. The molecule has 2 N–H and O–H groups in total. The van der Waals surface area contributed by atoms with Gasteiger partial charge in [-0.25, -0.2) is 0 Å². The van der Waals surface area contributed by atoms with Gasteiger partial charge in [-0.15, -0.1) is 0 Å². The van der Waals surface area contributed by atoms with Gasteiger partial charge in [0.2, 0.25) is 17.7 Å². The Morgan fingerprint density at radius 1 is 1.32 bits per heavy atom. The number of rotatable bonds is 5. The third kappa shape index (κ3) is 4.17. The molecule has 1 aromatic heterocycles. The van der Waals surface area contributed by atoms with Crippen molar-refractivity contribution in [3.05, 3.63) is 36.0 Å². The zero-order chi connectivity index (χ0) is 17.8. The molecule has 1 aliphatic rings. The maximum absolute atomic E-state index is 12.2. The van der Waals surface area contributed by atoms with E-state index in [0.717, 1.165) is 30.8 Å². The molecule has 1 aromatic carbocycles. The Morgan fingerprint density at radius 3 is 2.88 bits per heavy atom. The number of nitrogens with one attached hydrogen (secondary N) is 2. The SMILES string of the molecule is Cc1cc(NC(=O)[C@H](C)Nc2cccc(N3CCCCC3=O)c2)on1. The van der Waals surface area contributed by atoms with E-state index in [0.29, 0.717) is 18.0 Å². The molecule has 0 saturated carbocycles. The molecule has 7 nitrogen and oxygen atoms in total. The smallest absolute Gasteiger partial charge is 0.248 e. The van der Waals surface area contributed by atoms with E-state index in [-0.39, 0.29) is 11.8 Å². The highest BCUT2D eigenvalue weighted by Crippen LogP contribution is 2.24. The lowest BCUT2D eigenvalue weighted by atomic mass is 10.1. The third-order valence-electron chi connectivity index (χ3n) is 4.13. The van der Waals surface area contributed by atoms with Crippen LogP contribution in [-0.2, 0) is 9.59 Å². The summed E-state index contributed by atoms with van der Waals surface area (Å²) in [7, 11) is 0. The summed E-state index contributed by atoms with van der Waals surface area (Å²) < 4.78 is 4.99. The number of benzene rings is 1. The summed E-state index contributed by atoms with van der Waals surface area (Å²) in [6.07, 6.45) is 2.55. The van der Waals surface area contributed by atoms with Gasteiger partial charge in [0.05, 0.1) is 5.69 Å². The van der Waals surface area contributed by atoms with Crippen LogP contribution in [0.3, 0.4) is 0 Å². The van der Waals surface area contributed by atoms with Crippen molar-refractivity contribution in [2.24, 2.45) is 0 Å². The summed E-state index contributed by atoms with van der Waals surface area (Å²) in [6, 6.07) is 8.75. The fraction of sp³-hybridized carbons (Fsp3) is 0.389. The average molecular weight is 342 g/mol. The first-order chi connectivity index (χ1) is 12.0. The largest absolute Gasteiger partial charge is 0.374 e. The summed E-state index contributed by atoms with van der Waals surface area (Å²) in [5, 5.41) is 9.56. The fourth-order valence-electron chi connectivity index (χ4n) is 2.81. The predicted octanol–water partition coefficient (Wildman–Crippen LogP) is 2.94. The summed E-state index contributed by atoms with van der Waals surface area (Å²) in [5.74, 6) is 0.245. The van der Waals surface area contributed by atoms with Crippen LogP contribution < -0.4 is 15.5 Å². The molecule has 0 radical (unpaired) electrons. The molecule has 0 aliphatic carbocycles. The number of carbonyl (C=O) groups excluding carboxylic acids is 2. The Balaban J connectivity index is 1.64. The number of anilines is 3. The first-order valence-electron chi connectivity index (χ1n) is 8.44. The Labute approximate surface area is 146 Å². The highest BCUT2D eigenvalue weighted by atomic mass is 16.5. The van der Waals surface area contributed by atoms with Gasteiger partial charge in [-0.3, -0.25) is 14.9 Å². The van der Waals surface area contributed by atoms with Crippen LogP contribution in [0.15, 0.2) is 34.9 Å². The van der Waals surface area contributed by atoms with Gasteiger partial charge in [0, 0.05) is 30.4 Å². The van der Waals surface area contributed by atoms with Crippen molar-refractivity contribution in [1.82, 2.24) is 5.16 Å². The normalized spacial score (nSPS) is 15.8. The van der Waals surface area contributed by atoms with E-state index in [1.165, 1.54) is 0 Å². The number of carbonyl (C=O) groups is 2. The van der Waals surface area contributed by atoms with Gasteiger partial charge in [0.15, 0.2) is 0 Å². The Morgan fingerprint density at radius 2 is 2.16 bits per heavy atom. The van der Waals surface area contributed by atoms with Crippen LogP contribution in [0, 0.1) is 6.92 Å². The molecule has 2 amide bonds. The van der Waals surface area contributed by atoms with Gasteiger partial charge in [-0.05, 0) is 44.9 Å². The summed E-state index contributed by atoms with van der Waals surface area (Å²) >= 11 is 0. The zero-order valence-electron chi connectivity index (χ0n) is 14.4. The molecule has 2 heterocycles. The van der Waals surface area contributed by atoms with Gasteiger partial charge in [0.1, 0.15) is 6.04 Å². The first-order valence-corrected chi connectivity index (χ1v) is 8.44. The lowest BCUT2D eigenvalue weighted by Crippen LogP contribution is -2.35. The number of aryl methyl sites for hydroxylation is 1. The minimum atomic E-state index is -0.474. The molecule has 1 aliphatic heterocycles. The molecule has 25 heavy (non-hydrogen) atoms. The van der Waals surface area contributed by atoms with E-state index in [1.807, 2.05) is 24.3 Å². The summed E-state index contributed by atoms with van der Waals surface area (Å²) in [6.45, 7) is 4.29. The molecular formula is C18H22N4O3. The lowest BCUT2D eigenvalue weighted by Gasteiger charge is -2.27. The van der Waals surface area contributed by atoms with E-state index >= 15 is 0 Å². The number of hydrogen-bond acceptors (Lipinski definition) is 5. The quantitative estimate of drug-likeness (QED) is 0.872. The van der Waals surface area contributed by atoms with Gasteiger partial charge in [-0.2, -0.15) is 0 Å². The number of hydrogen-bond donors (Lipinski definition) is 2. The molecule has 1 saturated heterocycles. The Bertz CT molecular complexity index is 771. The van der Waals surface area contributed by atoms with Crippen molar-refractivity contribution in [2.75, 3.05) is 22.1 Å². The van der Waals surface area contributed by atoms with Crippen molar-refractivity contribution < 1.29 is 14.1 Å². The molecule has 0 bridgehead atoms. The molecule has 3 rings (SSSR count). The van der Waals surface area contributed by atoms with E-state index < -0.39 is 6.04 Å². The van der Waals surface area contributed by atoms with Crippen molar-refractivity contribution in [3.8, 4) is 0 Å². The predicted molar refractivity (Wildman–Crippen MR) is 95.6 cm³/mol. The lowest BCUT2D eigenvalue weighted by molar-refractivity contribution is -0.119. The minimum Gasteiger partial charge on any atom is -0.374 e. The summed E-state index contributed by atoms with van der Waals surface area (Å²) in [4.78, 5) is 26.1. The number of nitrogens with zero attached hydrogens (tertiary/aromatic N) is 2. The zero-order valence-corrected chi connectivity index (χ0v) is 14.4. The maximum atomic E-state index is 12.2. The van der Waals surface area contributed by atoms with Crippen molar-refractivity contribution >= 4 is 29.1 Å². The van der Waals surface area contributed by atoms with Crippen LogP contribution in [0.25, 0.3) is 0 Å². The molecule has 1 fully saturated rings. The molecule has 0 spiro atoms. The molecule has 1 atom stereocenters. The van der Waals surface area contributed by atoms with Crippen LogP contribution >= 0.6 is 0 Å². The third-order valence-corrected chi connectivity index (χ3v) is 4.13. The van der Waals surface area contributed by atoms with Crippen LogP contribution in [-0.4, -0.2) is 29.6 Å². The van der Waals surface area contributed by atoms with E-state index in [1.54, 1.807) is 24.8 Å². The van der Waals surface area contributed by atoms with Crippen LogP contribution in [0.4, 0.5) is 17.3 Å². The Hall–Kier alpha value is -2.83. The molecule has 0 unspecified atom stereocenters. The number of amides is 2. The van der Waals surface area contributed by atoms with Crippen LogP contribution in [0.2, 0.25) is 0 Å². The van der Waals surface area contributed by atoms with Crippen LogP contribution in [0.5, 0.6) is 0 Å². The van der Waals surface area contributed by atoms with Gasteiger partial charge < -0.3 is 14.7 Å². The summed E-state index contributed by atoms with van der Waals surface area (Å²) in [5.41, 5.74) is 2.34. The van der Waals surface area contributed by atoms with E-state index in [4.69, 9.17) is 4.52 Å². The molecule has 2 aromatic rings. The second-order valence-corrected chi connectivity index (χ2v) is 6.24. The van der Waals surface area contributed by atoms with Crippen molar-refractivity contribution in [2.45, 2.75) is 39.2 Å². The van der Waals surface area contributed by atoms with Gasteiger partial charge in [-0.1, -0.05) is 11.2 Å². The van der Waals surface area contributed by atoms with Crippen molar-refractivity contribution in [1.29, 1.82) is 0 Å². The average Bonchev–Trinajstić information content (AvgIpc) is 3.00. The van der Waals surface area contributed by atoms with Gasteiger partial charge >= 0.3 is 0 Å². The minimum absolute atomic E-state index is 0.148. The second kappa shape index (κ2) is 7.38. The number of piperidine rings is 1. The van der Waals surface area contributed by atoms with E-state index in [2.05, 4.69) is 15.8 Å². The Kier molecular flexibility index (Phi) is 5.02. The standard InChI is InChI=1S/C18H22N4O3/c1-12-10-16(25-21-12)20-18(24)13(2)19-14-6-5-7-15(11-14)22-9-4-3-8-17(22)23/h5-7,10-11,13,19H,3-4,8-9H2,1-2H3,(H,20,24)/t13-/m0/s1. The maximum Gasteiger partial charge on any atom is 0.248 e. The van der Waals surface area contributed by atoms with Gasteiger partial charge in [0.25, 0.3) is 0 Å². The molecule has 132 valence electrons. The number of aromatic nitrogens is 1. The fourth-order valence-corrected chi connectivity index (χ4v) is 2.81. The first kappa shape index (κ1) is 17.0. The highest BCUT2D eigenvalue weighted by molar-refractivity contribution is 5.96. The van der Waals surface area contributed by atoms with Crippen LogP contribution in [0.1, 0.15) is 31.9 Å². The molecule has 7 heteroatoms. The molecular weight excluding hydrogens is 320 g/mol. The second-order valence-electron chi connectivity index (χ2n) is 6.24. The van der Waals surface area contributed by atoms with E-state index in [9.17, 15) is 9.59 Å². The highest BCUT2D eigenvalue weighted by Gasteiger charge is 2.20.